The normalized spacial score (nSPS) is 17.3. The molecule has 0 spiro atoms. The Morgan fingerprint density at radius 2 is 1.93 bits per heavy atom. The summed E-state index contributed by atoms with van der Waals surface area (Å²) in [7, 11) is 0. The Hall–Kier alpha value is -1.37. The van der Waals surface area contributed by atoms with E-state index in [0.29, 0.717) is 0 Å². The highest BCUT2D eigenvalue weighted by atomic mass is 14.6. The summed E-state index contributed by atoms with van der Waals surface area (Å²) in [4.78, 5) is 4.18. The van der Waals surface area contributed by atoms with Crippen LogP contribution < -0.4 is 0 Å². The van der Waals surface area contributed by atoms with Gasteiger partial charge in [-0.05, 0) is 35.8 Å². The van der Waals surface area contributed by atoms with Crippen LogP contribution in [0.1, 0.15) is 37.2 Å². The van der Waals surface area contributed by atoms with Gasteiger partial charge >= 0.3 is 0 Å². The van der Waals surface area contributed by atoms with Crippen LogP contribution in [0.15, 0.2) is 36.7 Å². The van der Waals surface area contributed by atoms with Gasteiger partial charge in [-0.15, -0.1) is 0 Å². The van der Waals surface area contributed by atoms with Gasteiger partial charge < -0.3 is 0 Å². The summed E-state index contributed by atoms with van der Waals surface area (Å²) in [6, 6.07) is 8.76. The summed E-state index contributed by atoms with van der Waals surface area (Å²) in [6.07, 6.45) is 9.38. The molecule has 2 aromatic rings. The first kappa shape index (κ1) is 8.90. The Labute approximate surface area is 90.2 Å². The first-order valence-electron chi connectivity index (χ1n) is 5.78. The van der Waals surface area contributed by atoms with E-state index in [1.54, 1.807) is 0 Å². The fraction of sp³-hybridized carbons (Fsp3) is 0.357. The lowest BCUT2D eigenvalue weighted by Gasteiger charge is -2.12. The summed E-state index contributed by atoms with van der Waals surface area (Å²) < 4.78 is 0. The second-order valence-corrected chi connectivity index (χ2v) is 4.43. The summed E-state index contributed by atoms with van der Waals surface area (Å²) in [5, 5.41) is 2.68. The molecule has 1 fully saturated rings. The minimum Gasteiger partial charge on any atom is -0.264 e. The van der Waals surface area contributed by atoms with Crippen LogP contribution >= 0.6 is 0 Å². The van der Waals surface area contributed by atoms with Crippen molar-refractivity contribution in [2.75, 3.05) is 0 Å². The van der Waals surface area contributed by atoms with Gasteiger partial charge in [0.25, 0.3) is 0 Å². The van der Waals surface area contributed by atoms with Crippen molar-refractivity contribution in [2.45, 2.75) is 31.6 Å². The van der Waals surface area contributed by atoms with E-state index in [2.05, 4.69) is 29.2 Å². The minimum atomic E-state index is 0.788. The number of fused-ring (bicyclic) bond motifs is 1. The zero-order valence-corrected chi connectivity index (χ0v) is 8.82. The summed E-state index contributed by atoms with van der Waals surface area (Å²) in [6.45, 7) is 0. The van der Waals surface area contributed by atoms with Gasteiger partial charge in [-0.2, -0.15) is 0 Å². The molecule has 0 amide bonds. The molecule has 1 aliphatic carbocycles. The van der Waals surface area contributed by atoms with Crippen LogP contribution in [-0.2, 0) is 0 Å². The SMILES string of the molecule is c1cc(C2CCCC2)c2ccncc2c1. The highest BCUT2D eigenvalue weighted by molar-refractivity contribution is 5.85. The molecule has 0 saturated heterocycles. The smallest absolute Gasteiger partial charge is 0.0346 e. The second-order valence-electron chi connectivity index (χ2n) is 4.43. The van der Waals surface area contributed by atoms with Gasteiger partial charge in [0.2, 0.25) is 0 Å². The standard InChI is InChI=1S/C14H15N/c1-2-5-11(4-1)13-7-3-6-12-10-15-9-8-14(12)13/h3,6-11H,1-2,4-5H2. The van der Waals surface area contributed by atoms with Gasteiger partial charge in [-0.1, -0.05) is 31.0 Å². The van der Waals surface area contributed by atoms with Crippen LogP contribution in [0.4, 0.5) is 0 Å². The minimum absolute atomic E-state index is 0.788. The molecule has 1 aromatic carbocycles. The molecule has 76 valence electrons. The number of hydrogen-bond donors (Lipinski definition) is 0. The highest BCUT2D eigenvalue weighted by Crippen LogP contribution is 2.37. The molecule has 0 unspecified atom stereocenters. The zero-order valence-electron chi connectivity index (χ0n) is 8.82. The van der Waals surface area contributed by atoms with Crippen LogP contribution in [0.5, 0.6) is 0 Å². The molecular weight excluding hydrogens is 182 g/mol. The van der Waals surface area contributed by atoms with Crippen LogP contribution in [-0.4, -0.2) is 4.98 Å². The van der Waals surface area contributed by atoms with Crippen molar-refractivity contribution in [3.8, 4) is 0 Å². The molecule has 3 rings (SSSR count). The molecule has 0 radical (unpaired) electrons. The van der Waals surface area contributed by atoms with E-state index >= 15 is 0 Å². The number of nitrogens with zero attached hydrogens (tertiary/aromatic N) is 1. The molecule has 1 heterocycles. The third-order valence-electron chi connectivity index (χ3n) is 3.51. The Balaban J connectivity index is 2.16. The van der Waals surface area contributed by atoms with Gasteiger partial charge in [0.1, 0.15) is 0 Å². The molecule has 0 bridgehead atoms. The maximum absolute atomic E-state index is 4.18. The summed E-state index contributed by atoms with van der Waals surface area (Å²) in [5.41, 5.74) is 1.53. The lowest BCUT2D eigenvalue weighted by atomic mass is 9.93. The van der Waals surface area contributed by atoms with Crippen molar-refractivity contribution >= 4 is 10.8 Å². The van der Waals surface area contributed by atoms with E-state index in [1.165, 1.54) is 42.0 Å². The van der Waals surface area contributed by atoms with E-state index in [4.69, 9.17) is 0 Å². The van der Waals surface area contributed by atoms with Gasteiger partial charge in [0.05, 0.1) is 0 Å². The van der Waals surface area contributed by atoms with Gasteiger partial charge in [0.15, 0.2) is 0 Å². The number of pyridine rings is 1. The molecular formula is C14H15N. The Morgan fingerprint density at radius 3 is 2.80 bits per heavy atom. The number of aromatic nitrogens is 1. The molecule has 0 aliphatic heterocycles. The zero-order chi connectivity index (χ0) is 10.1. The van der Waals surface area contributed by atoms with Crippen LogP contribution in [0.3, 0.4) is 0 Å². The average molecular weight is 197 g/mol. The third kappa shape index (κ3) is 1.52. The van der Waals surface area contributed by atoms with Gasteiger partial charge in [-0.3, -0.25) is 4.98 Å². The molecule has 0 atom stereocenters. The van der Waals surface area contributed by atoms with Crippen LogP contribution in [0.25, 0.3) is 10.8 Å². The van der Waals surface area contributed by atoms with Crippen LogP contribution in [0.2, 0.25) is 0 Å². The van der Waals surface area contributed by atoms with Crippen molar-refractivity contribution < 1.29 is 0 Å². The van der Waals surface area contributed by atoms with E-state index < -0.39 is 0 Å². The number of rotatable bonds is 1. The molecule has 1 saturated carbocycles. The maximum atomic E-state index is 4.18. The quantitative estimate of drug-likeness (QED) is 0.675. The Kier molecular flexibility index (Phi) is 2.17. The van der Waals surface area contributed by atoms with Crippen LogP contribution in [0, 0.1) is 0 Å². The second kappa shape index (κ2) is 3.65. The van der Waals surface area contributed by atoms with Crippen molar-refractivity contribution in [2.24, 2.45) is 0 Å². The molecule has 1 nitrogen and oxygen atoms in total. The van der Waals surface area contributed by atoms with Crippen molar-refractivity contribution in [1.82, 2.24) is 4.98 Å². The molecule has 1 aromatic heterocycles. The van der Waals surface area contributed by atoms with E-state index in [9.17, 15) is 0 Å². The fourth-order valence-electron chi connectivity index (χ4n) is 2.74. The highest BCUT2D eigenvalue weighted by Gasteiger charge is 2.18. The first-order valence-corrected chi connectivity index (χ1v) is 5.78. The van der Waals surface area contributed by atoms with Crippen molar-refractivity contribution in [3.05, 3.63) is 42.2 Å². The lowest BCUT2D eigenvalue weighted by Crippen LogP contribution is -1.93. The van der Waals surface area contributed by atoms with Gasteiger partial charge in [-0.25, -0.2) is 0 Å². The third-order valence-corrected chi connectivity index (χ3v) is 3.51. The van der Waals surface area contributed by atoms with E-state index in [1.807, 2.05) is 12.4 Å². The number of hydrogen-bond acceptors (Lipinski definition) is 1. The van der Waals surface area contributed by atoms with Crippen molar-refractivity contribution in [1.29, 1.82) is 0 Å². The molecule has 15 heavy (non-hydrogen) atoms. The average Bonchev–Trinajstić information content (AvgIpc) is 2.82. The maximum Gasteiger partial charge on any atom is 0.0346 e. The van der Waals surface area contributed by atoms with Crippen molar-refractivity contribution in [3.63, 3.8) is 0 Å². The molecule has 1 aliphatic rings. The fourth-order valence-corrected chi connectivity index (χ4v) is 2.74. The lowest BCUT2D eigenvalue weighted by molar-refractivity contribution is 0.729. The van der Waals surface area contributed by atoms with Gasteiger partial charge in [0, 0.05) is 17.8 Å². The monoisotopic (exact) mass is 197 g/mol. The first-order chi connectivity index (χ1) is 7.45. The predicted octanol–water partition coefficient (Wildman–Crippen LogP) is 3.89. The summed E-state index contributed by atoms with van der Waals surface area (Å²) >= 11 is 0. The molecule has 1 heteroatoms. The Bertz CT molecular complexity index is 464. The van der Waals surface area contributed by atoms with E-state index in [0.717, 1.165) is 5.92 Å². The number of benzene rings is 1. The summed E-state index contributed by atoms with van der Waals surface area (Å²) in [5.74, 6) is 0.788. The van der Waals surface area contributed by atoms with E-state index in [-0.39, 0.29) is 0 Å². The Morgan fingerprint density at radius 1 is 1.07 bits per heavy atom. The topological polar surface area (TPSA) is 12.9 Å². The molecule has 0 N–H and O–H groups in total. The largest absolute Gasteiger partial charge is 0.264 e. The predicted molar refractivity (Wildman–Crippen MR) is 63.0 cm³/mol.